The molecule has 0 aliphatic heterocycles. The minimum absolute atomic E-state index is 0.564. The fourth-order valence-corrected chi connectivity index (χ4v) is 2.75. The standard InChI is InChI=1S/C11H19N3S/c12-6-11-14-10(8-15-11)7-13-9-4-2-1-3-5-9/h8-9,13H,1-7,12H2. The Kier molecular flexibility index (Phi) is 4.11. The third-order valence-electron chi connectivity index (χ3n) is 2.95. The molecule has 1 aliphatic carbocycles. The molecule has 84 valence electrons. The van der Waals surface area contributed by atoms with Gasteiger partial charge in [-0.2, -0.15) is 0 Å². The van der Waals surface area contributed by atoms with Crippen LogP contribution in [0.1, 0.15) is 42.8 Å². The smallest absolute Gasteiger partial charge is 0.106 e. The molecule has 1 aliphatic rings. The highest BCUT2D eigenvalue weighted by Gasteiger charge is 2.12. The molecule has 0 bridgehead atoms. The number of nitrogens with one attached hydrogen (secondary N) is 1. The zero-order valence-electron chi connectivity index (χ0n) is 9.04. The Bertz CT molecular complexity index is 292. The first-order valence-electron chi connectivity index (χ1n) is 5.75. The summed E-state index contributed by atoms with van der Waals surface area (Å²) in [5.41, 5.74) is 6.67. The Labute approximate surface area is 95.1 Å². The highest BCUT2D eigenvalue weighted by molar-refractivity contribution is 7.09. The highest BCUT2D eigenvalue weighted by Crippen LogP contribution is 2.18. The fraction of sp³-hybridized carbons (Fsp3) is 0.727. The molecule has 2 rings (SSSR count). The molecule has 0 radical (unpaired) electrons. The maximum Gasteiger partial charge on any atom is 0.106 e. The second-order valence-electron chi connectivity index (χ2n) is 4.15. The van der Waals surface area contributed by atoms with E-state index in [1.54, 1.807) is 11.3 Å². The summed E-state index contributed by atoms with van der Waals surface area (Å²) in [6.07, 6.45) is 6.82. The van der Waals surface area contributed by atoms with E-state index < -0.39 is 0 Å². The van der Waals surface area contributed by atoms with Crippen LogP contribution in [0.5, 0.6) is 0 Å². The minimum atomic E-state index is 0.564. The van der Waals surface area contributed by atoms with E-state index in [-0.39, 0.29) is 0 Å². The van der Waals surface area contributed by atoms with E-state index in [0.29, 0.717) is 12.6 Å². The first kappa shape index (κ1) is 11.0. The lowest BCUT2D eigenvalue weighted by atomic mass is 9.95. The van der Waals surface area contributed by atoms with Crippen LogP contribution in [0.3, 0.4) is 0 Å². The van der Waals surface area contributed by atoms with Crippen molar-refractivity contribution in [3.8, 4) is 0 Å². The van der Waals surface area contributed by atoms with Gasteiger partial charge in [0.15, 0.2) is 0 Å². The van der Waals surface area contributed by atoms with Gasteiger partial charge in [-0.15, -0.1) is 11.3 Å². The lowest BCUT2D eigenvalue weighted by molar-refractivity contribution is 0.371. The van der Waals surface area contributed by atoms with Crippen molar-refractivity contribution in [2.75, 3.05) is 0 Å². The lowest BCUT2D eigenvalue weighted by Gasteiger charge is -2.22. The summed E-state index contributed by atoms with van der Waals surface area (Å²) in [7, 11) is 0. The summed E-state index contributed by atoms with van der Waals surface area (Å²) in [6, 6.07) is 0.710. The lowest BCUT2D eigenvalue weighted by Crippen LogP contribution is -2.30. The number of nitrogens with zero attached hydrogens (tertiary/aromatic N) is 1. The number of thiazole rings is 1. The molecule has 1 saturated carbocycles. The zero-order valence-corrected chi connectivity index (χ0v) is 9.85. The summed E-state index contributed by atoms with van der Waals surface area (Å²) < 4.78 is 0. The fourth-order valence-electron chi connectivity index (χ4n) is 2.08. The molecule has 0 saturated heterocycles. The maximum absolute atomic E-state index is 5.53. The maximum atomic E-state index is 5.53. The van der Waals surface area contributed by atoms with Gasteiger partial charge in [-0.3, -0.25) is 0 Å². The van der Waals surface area contributed by atoms with Gasteiger partial charge in [0.25, 0.3) is 0 Å². The van der Waals surface area contributed by atoms with Gasteiger partial charge in [0.1, 0.15) is 5.01 Å². The molecular formula is C11H19N3S. The van der Waals surface area contributed by atoms with Crippen LogP contribution in [0.2, 0.25) is 0 Å². The SMILES string of the molecule is NCc1nc(CNC2CCCCC2)cs1. The Balaban J connectivity index is 1.76. The van der Waals surface area contributed by atoms with Crippen LogP contribution in [0.15, 0.2) is 5.38 Å². The minimum Gasteiger partial charge on any atom is -0.325 e. The van der Waals surface area contributed by atoms with E-state index in [0.717, 1.165) is 17.2 Å². The van der Waals surface area contributed by atoms with Crippen LogP contribution in [0.4, 0.5) is 0 Å². The molecule has 1 heterocycles. The molecule has 15 heavy (non-hydrogen) atoms. The summed E-state index contributed by atoms with van der Waals surface area (Å²) in [5, 5.41) is 6.73. The quantitative estimate of drug-likeness (QED) is 0.824. The third kappa shape index (κ3) is 3.26. The second-order valence-corrected chi connectivity index (χ2v) is 5.10. The average molecular weight is 225 g/mol. The van der Waals surface area contributed by atoms with E-state index in [1.807, 2.05) is 0 Å². The molecule has 0 atom stereocenters. The molecular weight excluding hydrogens is 206 g/mol. The van der Waals surface area contributed by atoms with Crippen LogP contribution < -0.4 is 11.1 Å². The van der Waals surface area contributed by atoms with Gasteiger partial charge in [0.05, 0.1) is 5.69 Å². The summed E-state index contributed by atoms with van der Waals surface area (Å²) in [4.78, 5) is 4.44. The molecule has 4 heteroatoms. The molecule has 1 aromatic rings. The van der Waals surface area contributed by atoms with E-state index in [2.05, 4.69) is 15.7 Å². The van der Waals surface area contributed by atoms with Gasteiger partial charge in [0, 0.05) is 24.5 Å². The monoisotopic (exact) mass is 225 g/mol. The first-order valence-corrected chi connectivity index (χ1v) is 6.63. The van der Waals surface area contributed by atoms with Crippen molar-refractivity contribution in [1.82, 2.24) is 10.3 Å². The Morgan fingerprint density at radius 2 is 2.20 bits per heavy atom. The summed E-state index contributed by atoms with van der Waals surface area (Å²) in [5.74, 6) is 0. The Morgan fingerprint density at radius 3 is 2.87 bits per heavy atom. The number of aromatic nitrogens is 1. The number of nitrogens with two attached hydrogens (primary N) is 1. The molecule has 1 aromatic heterocycles. The van der Waals surface area contributed by atoms with Gasteiger partial charge in [0.2, 0.25) is 0 Å². The molecule has 0 spiro atoms. The highest BCUT2D eigenvalue weighted by atomic mass is 32.1. The average Bonchev–Trinajstić information content (AvgIpc) is 2.76. The molecule has 3 N–H and O–H groups in total. The zero-order chi connectivity index (χ0) is 10.5. The Hall–Kier alpha value is -0.450. The van der Waals surface area contributed by atoms with Crippen LogP contribution in [-0.2, 0) is 13.1 Å². The number of hydrogen-bond acceptors (Lipinski definition) is 4. The van der Waals surface area contributed by atoms with Crippen molar-refractivity contribution < 1.29 is 0 Å². The molecule has 3 nitrogen and oxygen atoms in total. The molecule has 0 amide bonds. The van der Waals surface area contributed by atoms with Crippen molar-refractivity contribution in [3.05, 3.63) is 16.1 Å². The van der Waals surface area contributed by atoms with Crippen molar-refractivity contribution in [2.24, 2.45) is 5.73 Å². The predicted molar refractivity (Wildman–Crippen MR) is 63.7 cm³/mol. The van der Waals surface area contributed by atoms with Crippen molar-refractivity contribution in [1.29, 1.82) is 0 Å². The second kappa shape index (κ2) is 5.58. The van der Waals surface area contributed by atoms with Gasteiger partial charge < -0.3 is 11.1 Å². The largest absolute Gasteiger partial charge is 0.325 e. The molecule has 1 fully saturated rings. The van der Waals surface area contributed by atoms with Crippen molar-refractivity contribution in [2.45, 2.75) is 51.2 Å². The van der Waals surface area contributed by atoms with Crippen molar-refractivity contribution in [3.63, 3.8) is 0 Å². The molecule has 0 aromatic carbocycles. The van der Waals surface area contributed by atoms with E-state index >= 15 is 0 Å². The van der Waals surface area contributed by atoms with Gasteiger partial charge in [-0.25, -0.2) is 4.98 Å². The van der Waals surface area contributed by atoms with Gasteiger partial charge in [-0.1, -0.05) is 19.3 Å². The summed E-state index contributed by atoms with van der Waals surface area (Å²) in [6.45, 7) is 1.47. The third-order valence-corrected chi connectivity index (χ3v) is 3.87. The van der Waals surface area contributed by atoms with Crippen molar-refractivity contribution >= 4 is 11.3 Å². The van der Waals surface area contributed by atoms with Gasteiger partial charge >= 0.3 is 0 Å². The topological polar surface area (TPSA) is 50.9 Å². The van der Waals surface area contributed by atoms with E-state index in [1.165, 1.54) is 32.1 Å². The number of hydrogen-bond donors (Lipinski definition) is 2. The normalized spacial score (nSPS) is 18.2. The molecule has 0 unspecified atom stereocenters. The van der Waals surface area contributed by atoms with Crippen LogP contribution in [0.25, 0.3) is 0 Å². The van der Waals surface area contributed by atoms with Gasteiger partial charge in [-0.05, 0) is 12.8 Å². The summed E-state index contributed by atoms with van der Waals surface area (Å²) >= 11 is 1.66. The number of rotatable bonds is 4. The van der Waals surface area contributed by atoms with Crippen LogP contribution >= 0.6 is 11.3 Å². The predicted octanol–water partition coefficient (Wildman–Crippen LogP) is 2.02. The first-order chi connectivity index (χ1) is 7.38. The van der Waals surface area contributed by atoms with E-state index in [4.69, 9.17) is 5.73 Å². The van der Waals surface area contributed by atoms with Crippen LogP contribution in [0, 0.1) is 0 Å². The van der Waals surface area contributed by atoms with E-state index in [9.17, 15) is 0 Å². The van der Waals surface area contributed by atoms with Crippen LogP contribution in [-0.4, -0.2) is 11.0 Å². The Morgan fingerprint density at radius 1 is 1.40 bits per heavy atom.